The van der Waals surface area contributed by atoms with Crippen molar-refractivity contribution in [1.82, 2.24) is 29.5 Å². The van der Waals surface area contributed by atoms with Gasteiger partial charge in [0.05, 0.1) is 22.5 Å². The van der Waals surface area contributed by atoms with Crippen LogP contribution in [0.15, 0.2) is 66.1 Å². The number of alkyl carbamates (subject to hydrolysis) is 1. The average molecular weight is 1050 g/mol. The fraction of sp³-hybridized carbons (Fsp3) is 0.542. The van der Waals surface area contributed by atoms with Gasteiger partial charge in [0.2, 0.25) is 27.7 Å². The van der Waals surface area contributed by atoms with Gasteiger partial charge in [-0.2, -0.15) is 4.98 Å². The summed E-state index contributed by atoms with van der Waals surface area (Å²) in [5, 5.41) is 5.72. The van der Waals surface area contributed by atoms with Gasteiger partial charge in [-0.05, 0) is 103 Å². The van der Waals surface area contributed by atoms with Crippen LogP contribution in [0.5, 0.6) is 6.01 Å². The van der Waals surface area contributed by atoms with E-state index in [1.807, 2.05) is 84.5 Å². The fourth-order valence-electron chi connectivity index (χ4n) is 9.64. The highest BCUT2D eigenvalue weighted by atomic mass is 127. The number of allylic oxidation sites excluding steroid dienone is 2. The Bertz CT molecular complexity index is 2640. The molecule has 5 aliphatic rings. The molecule has 2 aromatic heterocycles. The van der Waals surface area contributed by atoms with E-state index < -0.39 is 60.2 Å². The zero-order valence-electron chi connectivity index (χ0n) is 37.5. The number of ether oxygens (including phenoxy) is 2. The number of thiazole rings is 1. The molecule has 4 saturated carbocycles. The van der Waals surface area contributed by atoms with Crippen molar-refractivity contribution in [2.75, 3.05) is 6.54 Å². The van der Waals surface area contributed by atoms with Gasteiger partial charge in [0.15, 0.2) is 0 Å². The van der Waals surface area contributed by atoms with E-state index in [4.69, 9.17) is 25.2 Å². The first kappa shape index (κ1) is 46.5. The number of nitrogens with two attached hydrogens (primary N) is 1. The lowest BCUT2D eigenvalue weighted by molar-refractivity contribution is -0.139. The summed E-state index contributed by atoms with van der Waals surface area (Å²) in [6.07, 6.45) is 10.5. The minimum absolute atomic E-state index is 0.0371. The Hall–Kier alpha value is -4.56. The number of nitrogens with one attached hydrogen (secondary N) is 2. The van der Waals surface area contributed by atoms with E-state index in [1.54, 1.807) is 18.3 Å². The molecule has 1 saturated heterocycles. The van der Waals surface area contributed by atoms with Crippen LogP contribution in [0.2, 0.25) is 0 Å². The Balaban J connectivity index is 0.846. The van der Waals surface area contributed by atoms with E-state index in [2.05, 4.69) is 32.6 Å². The molecule has 5 fully saturated rings. The van der Waals surface area contributed by atoms with Crippen molar-refractivity contribution in [2.45, 2.75) is 136 Å². The molecular weight excluding hydrogens is 994 g/mol. The number of nitrogens with zero attached hydrogens (tertiary/aromatic N) is 4. The zero-order chi connectivity index (χ0) is 46.5. The molecule has 0 radical (unpaired) electrons. The second kappa shape index (κ2) is 18.5. The van der Waals surface area contributed by atoms with E-state index >= 15 is 0 Å². The molecule has 0 spiro atoms. The van der Waals surface area contributed by atoms with Crippen LogP contribution in [0.3, 0.4) is 0 Å². The Morgan fingerprint density at radius 2 is 1.74 bits per heavy atom. The second-order valence-corrected chi connectivity index (χ2v) is 24.4. The van der Waals surface area contributed by atoms with Gasteiger partial charge < -0.3 is 25.4 Å². The molecular formula is C48H58IN7O8S2. The van der Waals surface area contributed by atoms with Gasteiger partial charge in [0.1, 0.15) is 38.2 Å². The molecule has 66 heavy (non-hydrogen) atoms. The summed E-state index contributed by atoms with van der Waals surface area (Å²) in [6, 6.07) is 14.4. The van der Waals surface area contributed by atoms with Crippen LogP contribution in [-0.4, -0.2) is 90.7 Å². The molecule has 8 atom stereocenters. The maximum absolute atomic E-state index is 14.5. The largest absolute Gasteiger partial charge is 0.459 e. The highest BCUT2D eigenvalue weighted by Crippen LogP contribution is 2.54. The molecule has 352 valence electrons. The minimum Gasteiger partial charge on any atom is -0.459 e. The summed E-state index contributed by atoms with van der Waals surface area (Å²) in [4.78, 5) is 65.2. The number of hydrogen-bond donors (Lipinski definition) is 3. The monoisotopic (exact) mass is 1050 g/mol. The number of rotatable bonds is 19. The molecule has 4 amide bonds. The zero-order valence-corrected chi connectivity index (χ0v) is 41.3. The summed E-state index contributed by atoms with van der Waals surface area (Å²) >= 11 is 3.61. The number of benzene rings is 2. The van der Waals surface area contributed by atoms with Gasteiger partial charge in [-0.25, -0.2) is 18.2 Å². The summed E-state index contributed by atoms with van der Waals surface area (Å²) < 4.78 is 40.4. The Kier molecular flexibility index (Phi) is 13.0. The van der Waals surface area contributed by atoms with Gasteiger partial charge in [0, 0.05) is 34.9 Å². The number of primary amides is 1. The second-order valence-electron chi connectivity index (χ2n) is 19.4. The van der Waals surface area contributed by atoms with Crippen molar-refractivity contribution in [3.8, 4) is 27.8 Å². The summed E-state index contributed by atoms with van der Waals surface area (Å²) in [7, 11) is -3.69. The number of fused-ring (bicyclic) bond motifs is 2. The molecule has 3 heterocycles. The normalized spacial score (nSPS) is 26.6. The first-order valence-corrected chi connectivity index (χ1v) is 26.7. The van der Waals surface area contributed by atoms with E-state index in [0.717, 1.165) is 65.0 Å². The molecule has 1 unspecified atom stereocenters. The number of alkyl halides is 1. The highest BCUT2D eigenvalue weighted by molar-refractivity contribution is 14.1. The topological polar surface area (TPSA) is 205 Å². The molecule has 2 aromatic carbocycles. The van der Waals surface area contributed by atoms with Crippen molar-refractivity contribution in [3.05, 3.63) is 66.1 Å². The first-order chi connectivity index (χ1) is 31.5. The van der Waals surface area contributed by atoms with Gasteiger partial charge in [-0.3, -0.25) is 23.7 Å². The predicted octanol–water partition coefficient (Wildman–Crippen LogP) is 7.83. The number of carbonyl (C=O) groups excluding carboxylic acids is 4. The Labute approximate surface area is 403 Å². The molecule has 15 nitrogen and oxygen atoms in total. The highest BCUT2D eigenvalue weighted by Gasteiger charge is 2.60. The van der Waals surface area contributed by atoms with E-state index in [-0.39, 0.29) is 31.0 Å². The summed E-state index contributed by atoms with van der Waals surface area (Å²) in [6.45, 7) is 5.82. The third-order valence-corrected chi connectivity index (χ3v) is 18.9. The maximum atomic E-state index is 14.5. The smallest absolute Gasteiger partial charge is 0.408 e. The van der Waals surface area contributed by atoms with E-state index in [0.29, 0.717) is 50.0 Å². The van der Waals surface area contributed by atoms with Crippen molar-refractivity contribution in [1.29, 1.82) is 0 Å². The van der Waals surface area contributed by atoms with Crippen LogP contribution in [0.25, 0.3) is 32.9 Å². The number of likely N-dealkylation sites (tertiary alicyclic amines) is 1. The van der Waals surface area contributed by atoms with Gasteiger partial charge in [-0.1, -0.05) is 84.0 Å². The number of hydrogen-bond acceptors (Lipinski definition) is 11. The standard InChI is InChI=1S/C48H58IN7O8S2/c1-28(2)56-38-18-12-16-35(42-51-37(27-65-42)29-13-8-7-9-14-29)40(38)53-45(56)63-34-24-39(41(50)57)55(26-34)43(58)36(52-46(60)64-33-22-30-21-31(30)23-33)17-11-6-4-5-10-15-32-25-48(32,49)44(59)54-66(61,62)47(3)19-20-47/h7-10,12-16,18,27-28,30-34,36,39H,4-6,11,17,19-26H2,1-3H3,(H2,50,57)(H,52,60)(H,54,59)/b15-10-/t30-,31+,32-,33?,34-,36+,39+,48-/m1/s1. The maximum Gasteiger partial charge on any atom is 0.408 e. The number of halogens is 1. The first-order valence-electron chi connectivity index (χ1n) is 23.2. The van der Waals surface area contributed by atoms with Crippen LogP contribution in [0, 0.1) is 17.8 Å². The Morgan fingerprint density at radius 3 is 2.45 bits per heavy atom. The quantitative estimate of drug-likeness (QED) is 0.0359. The number of sulfonamides is 1. The van der Waals surface area contributed by atoms with Crippen molar-refractivity contribution in [3.63, 3.8) is 0 Å². The summed E-state index contributed by atoms with van der Waals surface area (Å²) in [5.41, 5.74) is 10.3. The molecule has 9 rings (SSSR count). The molecule has 4 N–H and O–H groups in total. The van der Waals surface area contributed by atoms with Crippen molar-refractivity contribution < 1.29 is 37.1 Å². The van der Waals surface area contributed by atoms with Gasteiger partial charge in [-0.15, -0.1) is 11.3 Å². The molecule has 18 heteroatoms. The average Bonchev–Trinajstić information content (AvgIpc) is 4.12. The SMILES string of the molecule is CC(C)n1c(O[C@@H]2C[C@@H](C(N)=O)N(C(=O)[C@H](CCCCC/C=C\[C@@H]3C[C@]3(I)C(=O)NS(=O)(=O)C3(C)CC3)NC(=O)OC3C[C@@H]4C[C@@H]4C3)C2)nc2c(-c3nc(-c4ccccc4)cs3)cccc21. The van der Waals surface area contributed by atoms with Crippen molar-refractivity contribution in [2.24, 2.45) is 23.5 Å². The lowest BCUT2D eigenvalue weighted by atomic mass is 10.0. The van der Waals surface area contributed by atoms with Gasteiger partial charge in [0.25, 0.3) is 6.01 Å². The minimum atomic E-state index is -3.69. The number of aromatic nitrogens is 3. The number of amides is 4. The lowest BCUT2D eigenvalue weighted by Gasteiger charge is -2.28. The fourth-order valence-corrected chi connectivity index (χ4v) is 12.8. The van der Waals surface area contributed by atoms with Crippen LogP contribution >= 0.6 is 33.9 Å². The number of para-hydroxylation sites is 1. The van der Waals surface area contributed by atoms with Gasteiger partial charge >= 0.3 is 6.09 Å². The molecule has 4 aromatic rings. The molecule has 0 bridgehead atoms. The third-order valence-electron chi connectivity index (χ3n) is 14.1. The summed E-state index contributed by atoms with van der Waals surface area (Å²) in [5.74, 6) is -0.361. The molecule has 1 aliphatic heterocycles. The van der Waals surface area contributed by atoms with Crippen molar-refractivity contribution >= 4 is 78.8 Å². The van der Waals surface area contributed by atoms with E-state index in [1.165, 1.54) is 11.3 Å². The number of carbonyl (C=O) groups is 4. The number of imidazole rings is 1. The van der Waals surface area contributed by atoms with Crippen LogP contribution in [-0.2, 0) is 29.1 Å². The molecule has 4 aliphatic carbocycles. The van der Waals surface area contributed by atoms with Crippen LogP contribution in [0.4, 0.5) is 4.79 Å². The van der Waals surface area contributed by atoms with Crippen LogP contribution in [0.1, 0.15) is 104 Å². The Morgan fingerprint density at radius 1 is 0.985 bits per heavy atom. The lowest BCUT2D eigenvalue weighted by Crippen LogP contribution is -2.53. The predicted molar refractivity (Wildman–Crippen MR) is 260 cm³/mol. The van der Waals surface area contributed by atoms with E-state index in [9.17, 15) is 27.6 Å². The third kappa shape index (κ3) is 9.73. The number of unbranched alkanes of at least 4 members (excludes halogenated alkanes) is 3. The van der Waals surface area contributed by atoms with Crippen LogP contribution < -0.4 is 20.5 Å².